The van der Waals surface area contributed by atoms with E-state index in [-0.39, 0.29) is 24.7 Å². The molecule has 2 aliphatic heterocycles. The lowest BCUT2D eigenvalue weighted by atomic mass is 9.90. The van der Waals surface area contributed by atoms with Crippen molar-refractivity contribution >= 4 is 11.2 Å². The van der Waals surface area contributed by atoms with Crippen LogP contribution in [0.25, 0.3) is 0 Å². The van der Waals surface area contributed by atoms with Crippen molar-refractivity contribution in [2.24, 2.45) is 5.92 Å². The molecular formula is C26H39N3O6S. The van der Waals surface area contributed by atoms with Crippen LogP contribution < -0.4 is 9.47 Å². The van der Waals surface area contributed by atoms with Gasteiger partial charge < -0.3 is 9.47 Å². The maximum Gasteiger partial charge on any atom is 0.229 e. The molecule has 1 aromatic heterocycles. The maximum atomic E-state index is 9.41. The normalized spacial score (nSPS) is 20.7. The van der Waals surface area contributed by atoms with Crippen molar-refractivity contribution in [2.75, 3.05) is 32.9 Å². The van der Waals surface area contributed by atoms with Gasteiger partial charge in [-0.25, -0.2) is 9.97 Å². The topological polar surface area (TPSA) is 106 Å². The fourth-order valence-electron chi connectivity index (χ4n) is 4.64. The molecular weight excluding hydrogens is 482 g/mol. The van der Waals surface area contributed by atoms with Crippen LogP contribution in [0.4, 0.5) is 0 Å². The second-order valence-corrected chi connectivity index (χ2v) is 12.0. The van der Waals surface area contributed by atoms with E-state index in [0.717, 1.165) is 23.5 Å². The molecule has 0 atom stereocenters. The van der Waals surface area contributed by atoms with Gasteiger partial charge in [0.15, 0.2) is 0 Å². The van der Waals surface area contributed by atoms with Crippen LogP contribution in [-0.4, -0.2) is 62.4 Å². The van der Waals surface area contributed by atoms with Crippen LogP contribution in [0.5, 0.6) is 17.5 Å². The SMILES string of the molecule is Cc1c(OCCCC2CCN(C(C)(C)C)CC2)ncnc1Oc1ccc(C2COS(O)(O)OC2)cc1. The number of piperidine rings is 1. The Bertz CT molecular complexity index is 980. The number of benzene rings is 1. The first kappa shape index (κ1) is 27.1. The molecule has 10 heteroatoms. The van der Waals surface area contributed by atoms with Crippen molar-refractivity contribution in [1.82, 2.24) is 14.9 Å². The van der Waals surface area contributed by atoms with E-state index in [2.05, 4.69) is 35.6 Å². The molecule has 200 valence electrons. The van der Waals surface area contributed by atoms with Gasteiger partial charge in [-0.15, -0.1) is 0 Å². The zero-order valence-electron chi connectivity index (χ0n) is 21.7. The molecule has 0 spiro atoms. The number of aromatic nitrogens is 2. The summed E-state index contributed by atoms with van der Waals surface area (Å²) in [6.45, 7) is 12.1. The highest BCUT2D eigenvalue weighted by Crippen LogP contribution is 2.46. The molecule has 2 aliphatic rings. The van der Waals surface area contributed by atoms with Gasteiger partial charge in [0.05, 0.1) is 25.4 Å². The van der Waals surface area contributed by atoms with Crippen molar-refractivity contribution in [1.29, 1.82) is 0 Å². The molecule has 36 heavy (non-hydrogen) atoms. The fourth-order valence-corrected chi connectivity index (χ4v) is 5.39. The van der Waals surface area contributed by atoms with Gasteiger partial charge in [-0.3, -0.25) is 22.4 Å². The second-order valence-electron chi connectivity index (χ2n) is 10.6. The third-order valence-electron chi connectivity index (χ3n) is 6.96. The average molecular weight is 522 g/mol. The number of rotatable bonds is 8. The van der Waals surface area contributed by atoms with Gasteiger partial charge in [0.1, 0.15) is 12.1 Å². The highest BCUT2D eigenvalue weighted by molar-refractivity contribution is 8.16. The van der Waals surface area contributed by atoms with E-state index in [4.69, 9.17) is 17.8 Å². The summed E-state index contributed by atoms with van der Waals surface area (Å²) in [5.74, 6) is 2.33. The Kier molecular flexibility index (Phi) is 8.75. The van der Waals surface area contributed by atoms with Gasteiger partial charge in [-0.2, -0.15) is 0 Å². The first-order valence-electron chi connectivity index (χ1n) is 12.6. The van der Waals surface area contributed by atoms with E-state index in [1.807, 2.05) is 31.2 Å². The minimum absolute atomic E-state index is 0.0780. The van der Waals surface area contributed by atoms with Gasteiger partial charge in [-0.05, 0) is 90.1 Å². The zero-order chi connectivity index (χ0) is 25.8. The average Bonchev–Trinajstić information content (AvgIpc) is 2.84. The standard InChI is InChI=1S/C26H39N3O6S/c1-19-24(32-15-5-6-20-11-13-29(14-12-20)26(2,3)4)27-18-28-25(19)35-23-9-7-21(8-10-23)22-16-33-36(30,31)34-17-22/h7-10,18,20,22,30-31H,5-6,11-17H2,1-4H3. The van der Waals surface area contributed by atoms with Gasteiger partial charge in [-0.1, -0.05) is 12.1 Å². The number of ether oxygens (including phenoxy) is 2. The summed E-state index contributed by atoms with van der Waals surface area (Å²) in [5.41, 5.74) is 1.99. The maximum absolute atomic E-state index is 9.41. The van der Waals surface area contributed by atoms with Crippen LogP contribution in [0, 0.1) is 12.8 Å². The number of likely N-dealkylation sites (tertiary alicyclic amines) is 1. The van der Waals surface area contributed by atoms with E-state index in [1.165, 1.54) is 38.7 Å². The third kappa shape index (κ3) is 7.30. The Morgan fingerprint density at radius 3 is 2.31 bits per heavy atom. The molecule has 0 unspecified atom stereocenters. The Hall–Kier alpha value is -1.95. The van der Waals surface area contributed by atoms with Gasteiger partial charge in [0.25, 0.3) is 0 Å². The van der Waals surface area contributed by atoms with Gasteiger partial charge in [0, 0.05) is 11.5 Å². The van der Waals surface area contributed by atoms with Crippen LogP contribution in [-0.2, 0) is 8.37 Å². The molecule has 0 saturated carbocycles. The molecule has 0 aliphatic carbocycles. The predicted octanol–water partition coefficient (Wildman–Crippen LogP) is 5.96. The highest BCUT2D eigenvalue weighted by Gasteiger charge is 2.30. The second kappa shape index (κ2) is 11.6. The van der Waals surface area contributed by atoms with Crippen LogP contribution in [0.2, 0.25) is 0 Å². The highest BCUT2D eigenvalue weighted by atomic mass is 32.3. The summed E-state index contributed by atoms with van der Waals surface area (Å²) in [5, 5.41) is 0. The predicted molar refractivity (Wildman–Crippen MR) is 140 cm³/mol. The van der Waals surface area contributed by atoms with Gasteiger partial charge in [0.2, 0.25) is 22.9 Å². The van der Waals surface area contributed by atoms with Crippen LogP contribution in [0.3, 0.4) is 0 Å². The Balaban J connectivity index is 1.24. The van der Waals surface area contributed by atoms with E-state index in [9.17, 15) is 9.11 Å². The lowest BCUT2D eigenvalue weighted by Gasteiger charge is -2.41. The molecule has 2 saturated heterocycles. The van der Waals surface area contributed by atoms with Crippen LogP contribution in [0.1, 0.15) is 63.5 Å². The van der Waals surface area contributed by atoms with Gasteiger partial charge >= 0.3 is 0 Å². The largest absolute Gasteiger partial charge is 0.477 e. The van der Waals surface area contributed by atoms with Crippen molar-refractivity contribution < 1.29 is 26.9 Å². The van der Waals surface area contributed by atoms with E-state index >= 15 is 0 Å². The summed E-state index contributed by atoms with van der Waals surface area (Å²) in [6, 6.07) is 7.50. The molecule has 9 nitrogen and oxygen atoms in total. The first-order chi connectivity index (χ1) is 17.1. The zero-order valence-corrected chi connectivity index (χ0v) is 22.5. The molecule has 0 bridgehead atoms. The summed E-state index contributed by atoms with van der Waals surface area (Å²) >= 11 is -3.36. The third-order valence-corrected chi connectivity index (χ3v) is 7.85. The molecule has 3 heterocycles. The molecule has 0 radical (unpaired) electrons. The quantitative estimate of drug-likeness (QED) is 0.407. The summed E-state index contributed by atoms with van der Waals surface area (Å²) in [7, 11) is 0. The Morgan fingerprint density at radius 1 is 1.03 bits per heavy atom. The van der Waals surface area contributed by atoms with Crippen molar-refractivity contribution in [3.05, 3.63) is 41.7 Å². The van der Waals surface area contributed by atoms with E-state index in [0.29, 0.717) is 24.1 Å². The number of nitrogens with zero attached hydrogens (tertiary/aromatic N) is 3. The van der Waals surface area contributed by atoms with Crippen molar-refractivity contribution in [2.45, 2.75) is 64.8 Å². The smallest absolute Gasteiger partial charge is 0.229 e. The molecule has 1 aromatic carbocycles. The van der Waals surface area contributed by atoms with Crippen LogP contribution in [0.15, 0.2) is 30.6 Å². The monoisotopic (exact) mass is 521 g/mol. The number of hydrogen-bond acceptors (Lipinski definition) is 9. The lowest BCUT2D eigenvalue weighted by molar-refractivity contribution is 0.0835. The minimum atomic E-state index is -3.36. The Morgan fingerprint density at radius 2 is 1.67 bits per heavy atom. The minimum Gasteiger partial charge on any atom is -0.477 e. The van der Waals surface area contributed by atoms with Crippen molar-refractivity contribution in [3.63, 3.8) is 0 Å². The molecule has 0 amide bonds. The molecule has 2 fully saturated rings. The summed E-state index contributed by atoms with van der Waals surface area (Å²) < 4.78 is 40.8. The Labute approximate surface area is 215 Å². The molecule has 4 rings (SSSR count). The molecule has 2 N–H and O–H groups in total. The lowest BCUT2D eigenvalue weighted by Crippen LogP contribution is -2.46. The summed E-state index contributed by atoms with van der Waals surface area (Å²) in [6.07, 6.45) is 6.15. The number of hydrogen-bond donors (Lipinski definition) is 2. The summed E-state index contributed by atoms with van der Waals surface area (Å²) in [4.78, 5) is 11.2. The van der Waals surface area contributed by atoms with E-state index < -0.39 is 11.2 Å². The first-order valence-corrected chi connectivity index (χ1v) is 14.0. The van der Waals surface area contributed by atoms with E-state index in [1.54, 1.807) is 0 Å². The van der Waals surface area contributed by atoms with Crippen molar-refractivity contribution in [3.8, 4) is 17.5 Å². The molecule has 2 aromatic rings. The fraction of sp³-hybridized carbons (Fsp3) is 0.615. The van der Waals surface area contributed by atoms with Crippen LogP contribution >= 0.6 is 11.2 Å².